The Bertz CT molecular complexity index is 476. The van der Waals surface area contributed by atoms with E-state index in [1.54, 1.807) is 26.1 Å². The summed E-state index contributed by atoms with van der Waals surface area (Å²) in [6.07, 6.45) is 0. The molecule has 0 heterocycles. The van der Waals surface area contributed by atoms with Crippen molar-refractivity contribution < 1.29 is 14.7 Å². The van der Waals surface area contributed by atoms with E-state index in [2.05, 4.69) is 5.32 Å². The van der Waals surface area contributed by atoms with Crippen molar-refractivity contribution in [1.82, 2.24) is 10.2 Å². The molecule has 0 fully saturated rings. The van der Waals surface area contributed by atoms with Crippen LogP contribution in [0, 0.1) is 5.92 Å². The van der Waals surface area contributed by atoms with Crippen molar-refractivity contribution in [2.45, 2.75) is 19.9 Å². The lowest BCUT2D eigenvalue weighted by Gasteiger charge is -2.23. The van der Waals surface area contributed by atoms with Gasteiger partial charge in [0.05, 0.1) is 12.0 Å². The van der Waals surface area contributed by atoms with Gasteiger partial charge >= 0.3 is 12.0 Å². The molecule has 0 radical (unpaired) electrons. The number of carboxylic acids is 1. The number of carbonyl (C=O) groups excluding carboxylic acids is 1. The zero-order valence-corrected chi connectivity index (χ0v) is 12.5. The summed E-state index contributed by atoms with van der Waals surface area (Å²) in [5, 5.41) is 12.3. The van der Waals surface area contributed by atoms with Crippen LogP contribution < -0.4 is 5.32 Å². The molecule has 110 valence electrons. The summed E-state index contributed by atoms with van der Waals surface area (Å²) >= 11 is 5.81. The molecule has 0 spiro atoms. The van der Waals surface area contributed by atoms with Gasteiger partial charge in [-0.25, -0.2) is 4.79 Å². The second-order valence-corrected chi connectivity index (χ2v) is 5.28. The van der Waals surface area contributed by atoms with Gasteiger partial charge in [-0.1, -0.05) is 30.7 Å². The van der Waals surface area contributed by atoms with Crippen molar-refractivity contribution in [2.24, 2.45) is 5.92 Å². The Morgan fingerprint density at radius 3 is 2.35 bits per heavy atom. The highest BCUT2D eigenvalue weighted by Gasteiger charge is 2.18. The average Bonchev–Trinajstić information content (AvgIpc) is 2.38. The van der Waals surface area contributed by atoms with Crippen molar-refractivity contribution in [3.63, 3.8) is 0 Å². The van der Waals surface area contributed by atoms with Crippen LogP contribution >= 0.6 is 11.6 Å². The minimum Gasteiger partial charge on any atom is -0.481 e. The van der Waals surface area contributed by atoms with Crippen LogP contribution in [0.3, 0.4) is 0 Å². The predicted octanol–water partition coefficient (Wildman–Crippen LogP) is 2.76. The van der Waals surface area contributed by atoms with Gasteiger partial charge in [0, 0.05) is 18.6 Å². The fourth-order valence-corrected chi connectivity index (χ4v) is 1.83. The summed E-state index contributed by atoms with van der Waals surface area (Å²) in [5.74, 6) is -1.52. The summed E-state index contributed by atoms with van der Waals surface area (Å²) < 4.78 is 0. The quantitative estimate of drug-likeness (QED) is 0.878. The third-order valence-corrected chi connectivity index (χ3v) is 3.28. The molecule has 0 aliphatic heterocycles. The lowest BCUT2D eigenvalue weighted by atomic mass is 10.1. The molecular formula is C14H19ClN2O3. The Kier molecular flexibility index (Phi) is 5.82. The van der Waals surface area contributed by atoms with Crippen LogP contribution in [0.2, 0.25) is 5.02 Å². The molecule has 2 N–H and O–H groups in total. The number of carboxylic acid groups (broad SMARTS) is 1. The van der Waals surface area contributed by atoms with Crippen LogP contribution in [0.15, 0.2) is 24.3 Å². The topological polar surface area (TPSA) is 69.6 Å². The minimum atomic E-state index is -0.921. The van der Waals surface area contributed by atoms with Gasteiger partial charge in [-0.2, -0.15) is 0 Å². The molecule has 1 aromatic carbocycles. The fourth-order valence-electron chi connectivity index (χ4n) is 1.70. The average molecular weight is 299 g/mol. The molecule has 0 saturated heterocycles. The first kappa shape index (κ1) is 16.3. The number of nitrogens with zero attached hydrogens (tertiary/aromatic N) is 1. The summed E-state index contributed by atoms with van der Waals surface area (Å²) in [4.78, 5) is 24.1. The molecular weight excluding hydrogens is 280 g/mol. The number of nitrogens with one attached hydrogen (secondary N) is 1. The van der Waals surface area contributed by atoms with E-state index in [9.17, 15) is 9.59 Å². The van der Waals surface area contributed by atoms with Crippen LogP contribution in [0.25, 0.3) is 0 Å². The monoisotopic (exact) mass is 298 g/mol. The molecule has 6 heteroatoms. The van der Waals surface area contributed by atoms with Crippen molar-refractivity contribution in [1.29, 1.82) is 0 Å². The Balaban J connectivity index is 2.56. The Morgan fingerprint density at radius 2 is 1.85 bits per heavy atom. The summed E-state index contributed by atoms with van der Waals surface area (Å²) in [6.45, 7) is 3.58. The minimum absolute atomic E-state index is 0.161. The summed E-state index contributed by atoms with van der Waals surface area (Å²) in [7, 11) is 1.57. The molecule has 20 heavy (non-hydrogen) atoms. The van der Waals surface area contributed by atoms with E-state index in [-0.39, 0.29) is 18.6 Å². The molecule has 2 atom stereocenters. The Morgan fingerprint density at radius 1 is 1.30 bits per heavy atom. The highest BCUT2D eigenvalue weighted by atomic mass is 35.5. The Hall–Kier alpha value is -1.75. The van der Waals surface area contributed by atoms with Crippen molar-refractivity contribution in [2.75, 3.05) is 13.6 Å². The first-order valence-corrected chi connectivity index (χ1v) is 6.69. The van der Waals surface area contributed by atoms with E-state index in [4.69, 9.17) is 16.7 Å². The van der Waals surface area contributed by atoms with Gasteiger partial charge < -0.3 is 15.3 Å². The summed E-state index contributed by atoms with van der Waals surface area (Å²) in [5.41, 5.74) is 0.933. The molecule has 5 nitrogen and oxygen atoms in total. The van der Waals surface area contributed by atoms with E-state index in [0.29, 0.717) is 5.02 Å². The molecule has 1 unspecified atom stereocenters. The van der Waals surface area contributed by atoms with E-state index in [1.165, 1.54) is 4.90 Å². The molecule has 0 aliphatic carbocycles. The van der Waals surface area contributed by atoms with E-state index >= 15 is 0 Å². The second kappa shape index (κ2) is 7.14. The fraction of sp³-hybridized carbons (Fsp3) is 0.429. The highest BCUT2D eigenvalue weighted by molar-refractivity contribution is 6.30. The first-order valence-electron chi connectivity index (χ1n) is 6.31. The van der Waals surface area contributed by atoms with Gasteiger partial charge in [0.2, 0.25) is 0 Å². The molecule has 1 rings (SSSR count). The van der Waals surface area contributed by atoms with Crippen LogP contribution in [0.1, 0.15) is 25.5 Å². The predicted molar refractivity (Wildman–Crippen MR) is 77.8 cm³/mol. The third kappa shape index (κ3) is 4.74. The largest absolute Gasteiger partial charge is 0.481 e. The molecule has 1 aromatic rings. The van der Waals surface area contributed by atoms with Crippen molar-refractivity contribution in [3.05, 3.63) is 34.9 Å². The number of aliphatic carboxylic acids is 1. The normalized spacial score (nSPS) is 13.4. The SMILES string of the molecule is CC(CN(C)C(=O)N[C@@H](C)c1ccc(Cl)cc1)C(=O)O. The zero-order valence-electron chi connectivity index (χ0n) is 11.8. The van der Waals surface area contributed by atoms with Gasteiger partial charge in [0.15, 0.2) is 0 Å². The number of carbonyl (C=O) groups is 2. The molecule has 0 bridgehead atoms. The number of halogens is 1. The van der Waals surface area contributed by atoms with Crippen molar-refractivity contribution >= 4 is 23.6 Å². The summed E-state index contributed by atoms with van der Waals surface area (Å²) in [6, 6.07) is 6.72. The number of rotatable bonds is 5. The molecule has 0 aromatic heterocycles. The van der Waals surface area contributed by atoms with Gasteiger partial charge in [0.25, 0.3) is 0 Å². The van der Waals surface area contributed by atoms with Gasteiger partial charge in [-0.3, -0.25) is 4.79 Å². The maximum absolute atomic E-state index is 11.9. The van der Waals surface area contributed by atoms with Gasteiger partial charge in [-0.05, 0) is 24.6 Å². The Labute approximate surface area is 123 Å². The zero-order chi connectivity index (χ0) is 15.3. The molecule has 2 amide bonds. The van der Waals surface area contributed by atoms with E-state index < -0.39 is 11.9 Å². The smallest absolute Gasteiger partial charge is 0.317 e. The number of hydrogen-bond donors (Lipinski definition) is 2. The van der Waals surface area contributed by atoms with Crippen LogP contribution in [0.4, 0.5) is 4.79 Å². The van der Waals surface area contributed by atoms with Crippen LogP contribution in [-0.2, 0) is 4.79 Å². The highest BCUT2D eigenvalue weighted by Crippen LogP contribution is 2.16. The maximum atomic E-state index is 11.9. The lowest BCUT2D eigenvalue weighted by Crippen LogP contribution is -2.41. The van der Waals surface area contributed by atoms with Crippen molar-refractivity contribution in [3.8, 4) is 0 Å². The number of amides is 2. The standard InChI is InChI=1S/C14H19ClN2O3/c1-9(13(18)19)8-17(3)14(20)16-10(2)11-4-6-12(15)7-5-11/h4-7,9-10H,8H2,1-3H3,(H,16,20)(H,18,19)/t9?,10-/m0/s1. The third-order valence-electron chi connectivity index (χ3n) is 3.03. The van der Waals surface area contributed by atoms with Crippen LogP contribution in [0.5, 0.6) is 0 Å². The molecule has 0 saturated carbocycles. The maximum Gasteiger partial charge on any atom is 0.317 e. The van der Waals surface area contributed by atoms with E-state index in [0.717, 1.165) is 5.56 Å². The lowest BCUT2D eigenvalue weighted by molar-refractivity contribution is -0.141. The number of benzene rings is 1. The van der Waals surface area contributed by atoms with Gasteiger partial charge in [0.1, 0.15) is 0 Å². The van der Waals surface area contributed by atoms with E-state index in [1.807, 2.05) is 19.1 Å². The number of urea groups is 1. The second-order valence-electron chi connectivity index (χ2n) is 4.84. The molecule has 0 aliphatic rings. The van der Waals surface area contributed by atoms with Crippen LogP contribution in [-0.4, -0.2) is 35.6 Å². The number of hydrogen-bond acceptors (Lipinski definition) is 2. The first-order chi connectivity index (χ1) is 9.31. The van der Waals surface area contributed by atoms with Gasteiger partial charge in [-0.15, -0.1) is 0 Å².